The summed E-state index contributed by atoms with van der Waals surface area (Å²) in [4.78, 5) is 1.38. The Bertz CT molecular complexity index is 273. The highest BCUT2D eigenvalue weighted by Crippen LogP contribution is 2.23. The number of hydrogen-bond donors (Lipinski definition) is 1. The lowest BCUT2D eigenvalue weighted by atomic mass is 10.1. The number of hydrogen-bond acceptors (Lipinski definition) is 2. The second kappa shape index (κ2) is 4.85. The maximum atomic E-state index is 3.56. The van der Waals surface area contributed by atoms with Gasteiger partial charge < -0.3 is 5.32 Å². The number of thioether (sulfide) groups is 1. The summed E-state index contributed by atoms with van der Waals surface area (Å²) in [5, 5.41) is 3.56. The summed E-state index contributed by atoms with van der Waals surface area (Å²) in [7, 11) is 0. The van der Waals surface area contributed by atoms with E-state index in [1.54, 1.807) is 0 Å². The Morgan fingerprint density at radius 2 is 2.14 bits per heavy atom. The van der Waals surface area contributed by atoms with E-state index in [1.165, 1.54) is 23.6 Å². The summed E-state index contributed by atoms with van der Waals surface area (Å²) in [6.45, 7) is 3.54. The lowest BCUT2D eigenvalue weighted by Crippen LogP contribution is -2.28. The van der Waals surface area contributed by atoms with Gasteiger partial charge in [-0.15, -0.1) is 11.8 Å². The molecule has 1 nitrogen and oxygen atoms in total. The molecule has 0 amide bonds. The predicted octanol–water partition coefficient (Wildman–Crippen LogP) is 2.78. The molecule has 0 aromatic heterocycles. The molecule has 1 aromatic carbocycles. The van der Waals surface area contributed by atoms with Crippen LogP contribution in [0.2, 0.25) is 0 Å². The van der Waals surface area contributed by atoms with Gasteiger partial charge in [0.25, 0.3) is 0 Å². The van der Waals surface area contributed by atoms with Crippen LogP contribution in [-0.4, -0.2) is 18.3 Å². The van der Waals surface area contributed by atoms with Gasteiger partial charge in [0, 0.05) is 16.7 Å². The van der Waals surface area contributed by atoms with Crippen molar-refractivity contribution in [3.05, 3.63) is 30.3 Å². The fourth-order valence-electron chi connectivity index (χ4n) is 1.82. The Morgan fingerprint density at radius 3 is 2.79 bits per heavy atom. The molecule has 0 saturated carbocycles. The average molecular weight is 207 g/mol. The Labute approximate surface area is 90.3 Å². The molecule has 1 N–H and O–H groups in total. The van der Waals surface area contributed by atoms with Crippen LogP contribution in [0.3, 0.4) is 0 Å². The number of benzene rings is 1. The lowest BCUT2D eigenvalue weighted by Gasteiger charge is -2.14. The van der Waals surface area contributed by atoms with Crippen molar-refractivity contribution in [3.63, 3.8) is 0 Å². The first-order chi connectivity index (χ1) is 6.86. The highest BCUT2D eigenvalue weighted by molar-refractivity contribution is 7.99. The predicted molar refractivity (Wildman–Crippen MR) is 62.7 cm³/mol. The summed E-state index contributed by atoms with van der Waals surface area (Å²) >= 11 is 1.96. The number of nitrogens with one attached hydrogen (secondary N) is 1. The van der Waals surface area contributed by atoms with Crippen LogP contribution in [0.25, 0.3) is 0 Å². The lowest BCUT2D eigenvalue weighted by molar-refractivity contribution is 0.526. The Hall–Kier alpha value is -0.470. The molecule has 76 valence electrons. The van der Waals surface area contributed by atoms with E-state index in [0.717, 1.165) is 5.92 Å². The molecule has 1 fully saturated rings. The Balaban J connectivity index is 1.82. The largest absolute Gasteiger partial charge is 0.313 e. The molecule has 0 radical (unpaired) electrons. The zero-order valence-corrected chi connectivity index (χ0v) is 9.39. The van der Waals surface area contributed by atoms with Crippen LogP contribution in [-0.2, 0) is 0 Å². The minimum atomic E-state index is 0.709. The molecular formula is C12H17NS. The van der Waals surface area contributed by atoms with E-state index in [-0.39, 0.29) is 0 Å². The second-order valence-electron chi connectivity index (χ2n) is 3.95. The van der Waals surface area contributed by atoms with E-state index in [4.69, 9.17) is 0 Å². The van der Waals surface area contributed by atoms with Crippen LogP contribution in [0.4, 0.5) is 0 Å². The third kappa shape index (κ3) is 2.52. The van der Waals surface area contributed by atoms with Crippen molar-refractivity contribution < 1.29 is 0 Å². The third-order valence-electron chi connectivity index (χ3n) is 2.87. The molecule has 1 heterocycles. The van der Waals surface area contributed by atoms with Crippen molar-refractivity contribution in [2.45, 2.75) is 24.3 Å². The highest BCUT2D eigenvalue weighted by atomic mass is 32.2. The van der Waals surface area contributed by atoms with Crippen LogP contribution < -0.4 is 5.32 Å². The van der Waals surface area contributed by atoms with E-state index in [0.29, 0.717) is 6.04 Å². The molecular weight excluding hydrogens is 190 g/mol. The minimum Gasteiger partial charge on any atom is -0.313 e. The third-order valence-corrected chi connectivity index (χ3v) is 4.00. The van der Waals surface area contributed by atoms with Crippen molar-refractivity contribution in [2.24, 2.45) is 5.92 Å². The maximum Gasteiger partial charge on any atom is 0.0187 e. The Morgan fingerprint density at radius 1 is 1.36 bits per heavy atom. The van der Waals surface area contributed by atoms with Gasteiger partial charge in [-0.1, -0.05) is 25.1 Å². The molecule has 1 aromatic rings. The average Bonchev–Trinajstić information content (AvgIpc) is 2.63. The van der Waals surface area contributed by atoms with E-state index in [9.17, 15) is 0 Å². The fraction of sp³-hybridized carbons (Fsp3) is 0.500. The van der Waals surface area contributed by atoms with E-state index in [1.807, 2.05) is 11.8 Å². The zero-order valence-electron chi connectivity index (χ0n) is 8.57. The Kier molecular flexibility index (Phi) is 3.49. The topological polar surface area (TPSA) is 12.0 Å². The maximum absolute atomic E-state index is 3.56. The van der Waals surface area contributed by atoms with Gasteiger partial charge in [-0.2, -0.15) is 0 Å². The van der Waals surface area contributed by atoms with E-state index < -0.39 is 0 Å². The zero-order chi connectivity index (χ0) is 9.80. The quantitative estimate of drug-likeness (QED) is 0.765. The molecule has 1 aliphatic rings. The van der Waals surface area contributed by atoms with Gasteiger partial charge in [-0.3, -0.25) is 0 Å². The molecule has 0 aliphatic carbocycles. The summed E-state index contributed by atoms with van der Waals surface area (Å²) in [6.07, 6.45) is 1.33. The summed E-state index contributed by atoms with van der Waals surface area (Å²) in [5.41, 5.74) is 0. The van der Waals surface area contributed by atoms with Crippen molar-refractivity contribution >= 4 is 11.8 Å². The van der Waals surface area contributed by atoms with Gasteiger partial charge in [0.05, 0.1) is 0 Å². The van der Waals surface area contributed by atoms with Crippen molar-refractivity contribution in [1.29, 1.82) is 0 Å². The van der Waals surface area contributed by atoms with Gasteiger partial charge in [0.2, 0.25) is 0 Å². The smallest absolute Gasteiger partial charge is 0.0187 e. The molecule has 1 aliphatic heterocycles. The molecule has 0 bridgehead atoms. The molecule has 1 saturated heterocycles. The van der Waals surface area contributed by atoms with Crippen molar-refractivity contribution in [2.75, 3.05) is 12.3 Å². The first-order valence-electron chi connectivity index (χ1n) is 5.27. The molecule has 0 spiro atoms. The molecule has 2 atom stereocenters. The van der Waals surface area contributed by atoms with Crippen LogP contribution in [0.5, 0.6) is 0 Å². The second-order valence-corrected chi connectivity index (χ2v) is 5.04. The summed E-state index contributed by atoms with van der Waals surface area (Å²) in [5.74, 6) is 2.04. The standard InChI is InChI=1S/C12H17NS/c1-10-7-8-13-12(10)9-14-11-5-3-2-4-6-11/h2-6,10,12-13H,7-9H2,1H3/t10-,12+/m1/s1. The van der Waals surface area contributed by atoms with Gasteiger partial charge in [0.1, 0.15) is 0 Å². The molecule has 0 unspecified atom stereocenters. The minimum absolute atomic E-state index is 0.709. The van der Waals surface area contributed by atoms with Crippen molar-refractivity contribution in [1.82, 2.24) is 5.32 Å². The van der Waals surface area contributed by atoms with Crippen LogP contribution >= 0.6 is 11.8 Å². The monoisotopic (exact) mass is 207 g/mol. The van der Waals surface area contributed by atoms with Crippen LogP contribution in [0.1, 0.15) is 13.3 Å². The normalized spacial score (nSPS) is 26.6. The SMILES string of the molecule is C[C@@H]1CCN[C@H]1CSc1ccccc1. The first kappa shape index (κ1) is 10.1. The van der Waals surface area contributed by atoms with Crippen molar-refractivity contribution in [3.8, 4) is 0 Å². The van der Waals surface area contributed by atoms with Gasteiger partial charge in [0.15, 0.2) is 0 Å². The highest BCUT2D eigenvalue weighted by Gasteiger charge is 2.22. The van der Waals surface area contributed by atoms with E-state index in [2.05, 4.69) is 42.6 Å². The molecule has 2 heteroatoms. The fourth-order valence-corrected chi connectivity index (χ4v) is 2.99. The molecule has 2 rings (SSSR count). The summed E-state index contributed by atoms with van der Waals surface area (Å²) in [6, 6.07) is 11.4. The molecule has 14 heavy (non-hydrogen) atoms. The van der Waals surface area contributed by atoms with Crippen LogP contribution in [0, 0.1) is 5.92 Å². The van der Waals surface area contributed by atoms with Crippen LogP contribution in [0.15, 0.2) is 35.2 Å². The van der Waals surface area contributed by atoms with Gasteiger partial charge in [-0.25, -0.2) is 0 Å². The number of rotatable bonds is 3. The first-order valence-corrected chi connectivity index (χ1v) is 6.26. The summed E-state index contributed by atoms with van der Waals surface area (Å²) < 4.78 is 0. The van der Waals surface area contributed by atoms with Gasteiger partial charge >= 0.3 is 0 Å². The van der Waals surface area contributed by atoms with Gasteiger partial charge in [-0.05, 0) is 31.0 Å². The van der Waals surface area contributed by atoms with E-state index >= 15 is 0 Å².